The van der Waals surface area contributed by atoms with Crippen molar-refractivity contribution in [1.82, 2.24) is 40.6 Å². The van der Waals surface area contributed by atoms with Crippen molar-refractivity contribution in [3.8, 4) is 17.3 Å². The zero-order chi connectivity index (χ0) is 35.4. The van der Waals surface area contributed by atoms with E-state index in [9.17, 15) is 24.0 Å². The lowest BCUT2D eigenvalue weighted by Gasteiger charge is -2.27. The minimum Gasteiger partial charge on any atom is -0.343 e. The van der Waals surface area contributed by atoms with Crippen LogP contribution in [-0.2, 0) is 27.1 Å². The highest BCUT2D eigenvalue weighted by atomic mass is 35.5. The second kappa shape index (κ2) is 12.3. The van der Waals surface area contributed by atoms with Gasteiger partial charge in [-0.15, -0.1) is 0 Å². The standard InChI is InChI=1S/C34H27Cl2FN10O3/c1-18(29(48)43-34(9-10-34)27-8-7-25(44-45-27)21-15-40-41-16-21)42-30(49)26-17-39-32-46(22-11-23(35)28(37)24(36)12-22)31(50)33(2,47(26)32)13-19-3-5-20(14-38)6-4-19/h3-8,11-12,15-18H,9-10,13H2,1-2H3,(H,40,41)(H,42,49)(H,43,48)/t18-,33+/m0/s1. The van der Waals surface area contributed by atoms with Crippen LogP contribution in [0.25, 0.3) is 11.3 Å². The maximum absolute atomic E-state index is 14.4. The van der Waals surface area contributed by atoms with E-state index in [0.29, 0.717) is 35.4 Å². The molecule has 0 unspecified atom stereocenters. The van der Waals surface area contributed by atoms with E-state index in [0.717, 1.165) is 5.56 Å². The van der Waals surface area contributed by atoms with Gasteiger partial charge in [-0.2, -0.15) is 20.6 Å². The predicted molar refractivity (Wildman–Crippen MR) is 180 cm³/mol. The van der Waals surface area contributed by atoms with Crippen molar-refractivity contribution in [2.75, 3.05) is 4.90 Å². The number of H-pyrrole nitrogens is 1. The number of carbonyl (C=O) groups excluding carboxylic acids is 3. The molecule has 0 saturated heterocycles. The summed E-state index contributed by atoms with van der Waals surface area (Å²) in [7, 11) is 0. The summed E-state index contributed by atoms with van der Waals surface area (Å²) in [6.07, 6.45) is 6.04. The highest BCUT2D eigenvalue weighted by Gasteiger charge is 2.52. The number of nitrogens with one attached hydrogen (secondary N) is 3. The third kappa shape index (κ3) is 5.64. The number of nitrogens with zero attached hydrogens (tertiary/aromatic N) is 7. The Morgan fingerprint density at radius 2 is 1.82 bits per heavy atom. The zero-order valence-corrected chi connectivity index (χ0v) is 28.1. The highest BCUT2D eigenvalue weighted by Crippen LogP contribution is 2.45. The monoisotopic (exact) mass is 712 g/mol. The maximum Gasteiger partial charge on any atom is 0.270 e. The molecule has 3 amide bonds. The average molecular weight is 714 g/mol. The summed E-state index contributed by atoms with van der Waals surface area (Å²) in [6, 6.07) is 13.9. The second-order valence-electron chi connectivity index (χ2n) is 12.5. The van der Waals surface area contributed by atoms with Crippen LogP contribution in [0.3, 0.4) is 0 Å². The van der Waals surface area contributed by atoms with Gasteiger partial charge < -0.3 is 10.6 Å². The number of fused-ring (bicyclic) bond motifs is 1. The molecule has 0 bridgehead atoms. The van der Waals surface area contributed by atoms with Crippen LogP contribution in [0.2, 0.25) is 10.0 Å². The Bertz CT molecular complexity index is 2170. The van der Waals surface area contributed by atoms with Gasteiger partial charge in [-0.05, 0) is 68.7 Å². The van der Waals surface area contributed by atoms with Gasteiger partial charge in [0.1, 0.15) is 17.3 Å². The molecule has 0 radical (unpaired) electrons. The van der Waals surface area contributed by atoms with E-state index in [2.05, 4.69) is 42.1 Å². The van der Waals surface area contributed by atoms with Crippen molar-refractivity contribution < 1.29 is 18.8 Å². The van der Waals surface area contributed by atoms with Gasteiger partial charge in [0, 0.05) is 18.2 Å². The van der Waals surface area contributed by atoms with Crippen LogP contribution in [0.4, 0.5) is 16.0 Å². The fourth-order valence-electron chi connectivity index (χ4n) is 6.11. The van der Waals surface area contributed by atoms with Gasteiger partial charge in [0.2, 0.25) is 11.9 Å². The molecule has 252 valence electrons. The van der Waals surface area contributed by atoms with Gasteiger partial charge in [-0.3, -0.25) is 24.0 Å². The Kier molecular flexibility index (Phi) is 8.12. The van der Waals surface area contributed by atoms with E-state index in [4.69, 9.17) is 23.2 Å². The van der Waals surface area contributed by atoms with E-state index in [1.165, 1.54) is 27.8 Å². The van der Waals surface area contributed by atoms with Crippen molar-refractivity contribution in [3.05, 3.63) is 105 Å². The molecule has 1 saturated carbocycles. The Morgan fingerprint density at radius 1 is 1.10 bits per heavy atom. The van der Waals surface area contributed by atoms with Gasteiger partial charge in [-0.25, -0.2) is 14.3 Å². The lowest BCUT2D eigenvalue weighted by Crippen LogP contribution is -2.49. The van der Waals surface area contributed by atoms with Crippen LogP contribution in [0, 0.1) is 17.1 Å². The minimum atomic E-state index is -1.43. The molecular formula is C34H27Cl2FN10O3. The summed E-state index contributed by atoms with van der Waals surface area (Å²) in [5, 5.41) is 29.7. The highest BCUT2D eigenvalue weighted by molar-refractivity contribution is 6.35. The first-order chi connectivity index (χ1) is 23.9. The first-order valence-corrected chi connectivity index (χ1v) is 16.2. The predicted octanol–water partition coefficient (Wildman–Crippen LogP) is 4.94. The number of halogens is 3. The topological polar surface area (TPSA) is 175 Å². The van der Waals surface area contributed by atoms with Crippen molar-refractivity contribution in [1.29, 1.82) is 5.26 Å². The van der Waals surface area contributed by atoms with Crippen molar-refractivity contribution in [2.24, 2.45) is 0 Å². The molecule has 13 nitrogen and oxygen atoms in total. The molecule has 50 heavy (non-hydrogen) atoms. The van der Waals surface area contributed by atoms with E-state index in [1.54, 1.807) is 62.6 Å². The Balaban J connectivity index is 1.15. The summed E-state index contributed by atoms with van der Waals surface area (Å²) in [4.78, 5) is 47.2. The van der Waals surface area contributed by atoms with Crippen LogP contribution in [0.5, 0.6) is 0 Å². The van der Waals surface area contributed by atoms with Crippen LogP contribution in [0.15, 0.2) is 67.1 Å². The molecule has 4 heterocycles. The van der Waals surface area contributed by atoms with Crippen molar-refractivity contribution in [2.45, 2.75) is 50.2 Å². The van der Waals surface area contributed by atoms with Crippen LogP contribution in [-0.4, -0.2) is 53.7 Å². The molecule has 2 aliphatic rings. The summed E-state index contributed by atoms with van der Waals surface area (Å²) in [5.74, 6) is -2.35. The van der Waals surface area contributed by atoms with Gasteiger partial charge in [0.05, 0.1) is 56.7 Å². The summed E-state index contributed by atoms with van der Waals surface area (Å²) >= 11 is 12.2. The normalized spacial score (nSPS) is 17.9. The fourth-order valence-corrected chi connectivity index (χ4v) is 6.59. The molecule has 16 heteroatoms. The Labute approximate surface area is 294 Å². The molecule has 2 atom stereocenters. The van der Waals surface area contributed by atoms with E-state index in [1.807, 2.05) is 0 Å². The van der Waals surface area contributed by atoms with E-state index in [-0.39, 0.29) is 33.8 Å². The Hall–Kier alpha value is -5.65. The number of amides is 3. The largest absolute Gasteiger partial charge is 0.343 e. The Morgan fingerprint density at radius 3 is 2.42 bits per heavy atom. The number of nitriles is 1. The minimum absolute atomic E-state index is 0.00721. The third-order valence-corrected chi connectivity index (χ3v) is 9.54. The molecule has 5 aromatic rings. The lowest BCUT2D eigenvalue weighted by molar-refractivity contribution is -0.124. The number of anilines is 2. The number of hydrogen-bond donors (Lipinski definition) is 3. The molecule has 2 aromatic carbocycles. The molecule has 1 aliphatic heterocycles. The van der Waals surface area contributed by atoms with E-state index < -0.39 is 40.7 Å². The number of aromatic nitrogens is 6. The number of imidazole rings is 1. The molecule has 3 aromatic heterocycles. The van der Waals surface area contributed by atoms with Crippen LogP contribution in [0.1, 0.15) is 54.0 Å². The van der Waals surface area contributed by atoms with Crippen LogP contribution >= 0.6 is 23.2 Å². The molecule has 1 fully saturated rings. The molecule has 7 rings (SSSR count). The second-order valence-corrected chi connectivity index (χ2v) is 13.3. The summed E-state index contributed by atoms with van der Waals surface area (Å²) in [6.45, 7) is 3.20. The van der Waals surface area contributed by atoms with Gasteiger partial charge >= 0.3 is 0 Å². The number of hydrogen-bond acceptors (Lipinski definition) is 8. The molecular weight excluding hydrogens is 686 g/mol. The fraction of sp³-hybridized carbons (Fsp3) is 0.235. The smallest absolute Gasteiger partial charge is 0.270 e. The molecule has 1 aliphatic carbocycles. The third-order valence-electron chi connectivity index (χ3n) is 8.99. The maximum atomic E-state index is 14.4. The zero-order valence-electron chi connectivity index (χ0n) is 26.5. The number of rotatable bonds is 9. The number of benzene rings is 2. The first kappa shape index (κ1) is 32.9. The van der Waals surface area contributed by atoms with Crippen LogP contribution < -0.4 is 15.5 Å². The van der Waals surface area contributed by atoms with Gasteiger partial charge in [-0.1, -0.05) is 35.3 Å². The molecule has 3 N–H and O–H groups in total. The first-order valence-electron chi connectivity index (χ1n) is 15.5. The van der Waals surface area contributed by atoms with Gasteiger partial charge in [0.15, 0.2) is 5.82 Å². The number of carbonyl (C=O) groups is 3. The number of aromatic amines is 1. The van der Waals surface area contributed by atoms with Crippen molar-refractivity contribution >= 4 is 52.6 Å². The molecule has 0 spiro atoms. The summed E-state index contributed by atoms with van der Waals surface area (Å²) < 4.78 is 15.8. The lowest BCUT2D eigenvalue weighted by atomic mass is 9.91. The SMILES string of the molecule is C[C@H](NC(=O)c1cnc2n1[C@](C)(Cc1ccc(C#N)cc1)C(=O)N2c1cc(Cl)c(F)c(Cl)c1)C(=O)NC1(c2ccc(-c3cn[nH]c3)nn2)CC1. The average Bonchev–Trinajstić information content (AvgIpc) is 3.41. The van der Waals surface area contributed by atoms with Gasteiger partial charge in [0.25, 0.3) is 11.8 Å². The quantitative estimate of drug-likeness (QED) is 0.180. The van der Waals surface area contributed by atoms with Crippen molar-refractivity contribution in [3.63, 3.8) is 0 Å². The summed E-state index contributed by atoms with van der Waals surface area (Å²) in [5.41, 5.74) is 1.18. The van der Waals surface area contributed by atoms with E-state index >= 15 is 0 Å².